The second-order valence-electron chi connectivity index (χ2n) is 5.37. The van der Waals surface area contributed by atoms with Crippen LogP contribution < -0.4 is 9.47 Å². The van der Waals surface area contributed by atoms with E-state index in [1.807, 2.05) is 38.1 Å². The Bertz CT molecular complexity index is 708. The first-order valence-corrected chi connectivity index (χ1v) is 7.57. The summed E-state index contributed by atoms with van der Waals surface area (Å²) >= 11 is 0. The van der Waals surface area contributed by atoms with E-state index < -0.39 is 0 Å². The van der Waals surface area contributed by atoms with Crippen LogP contribution in [0.2, 0.25) is 0 Å². The number of hydrogen-bond donors (Lipinski definition) is 1. The zero-order chi connectivity index (χ0) is 16.8. The SMILES string of the molecule is COc1cc(CCN=C(C)c2ccccc2O)c(OC)cc1C. The molecule has 0 unspecified atom stereocenters. The highest BCUT2D eigenvalue weighted by molar-refractivity contribution is 6.00. The van der Waals surface area contributed by atoms with Crippen molar-refractivity contribution in [3.05, 3.63) is 53.1 Å². The third-order valence-electron chi connectivity index (χ3n) is 3.82. The highest BCUT2D eigenvalue weighted by atomic mass is 16.5. The molecule has 122 valence electrons. The first-order valence-electron chi connectivity index (χ1n) is 7.57. The van der Waals surface area contributed by atoms with Crippen LogP contribution in [0.15, 0.2) is 41.4 Å². The van der Waals surface area contributed by atoms with Crippen molar-refractivity contribution in [2.45, 2.75) is 20.3 Å². The largest absolute Gasteiger partial charge is 0.507 e. The molecule has 0 aliphatic rings. The van der Waals surface area contributed by atoms with Crippen molar-refractivity contribution in [1.29, 1.82) is 0 Å². The van der Waals surface area contributed by atoms with Gasteiger partial charge in [-0.25, -0.2) is 0 Å². The fourth-order valence-electron chi connectivity index (χ4n) is 2.52. The van der Waals surface area contributed by atoms with Gasteiger partial charge in [-0.05, 0) is 55.7 Å². The van der Waals surface area contributed by atoms with Gasteiger partial charge in [0.25, 0.3) is 0 Å². The highest BCUT2D eigenvalue weighted by Gasteiger charge is 2.09. The molecule has 0 saturated heterocycles. The number of nitrogens with zero attached hydrogens (tertiary/aromatic N) is 1. The lowest BCUT2D eigenvalue weighted by molar-refractivity contribution is 0.396. The zero-order valence-corrected chi connectivity index (χ0v) is 14.1. The second-order valence-corrected chi connectivity index (χ2v) is 5.37. The van der Waals surface area contributed by atoms with Gasteiger partial charge >= 0.3 is 0 Å². The lowest BCUT2D eigenvalue weighted by atomic mass is 10.1. The van der Waals surface area contributed by atoms with Crippen LogP contribution in [-0.2, 0) is 6.42 Å². The average molecular weight is 313 g/mol. The molecule has 4 heteroatoms. The normalized spacial score (nSPS) is 11.4. The van der Waals surface area contributed by atoms with Gasteiger partial charge in [0.05, 0.1) is 14.2 Å². The number of methoxy groups -OCH3 is 2. The Morgan fingerprint density at radius 2 is 1.78 bits per heavy atom. The van der Waals surface area contributed by atoms with Crippen LogP contribution in [0.25, 0.3) is 0 Å². The third kappa shape index (κ3) is 4.03. The van der Waals surface area contributed by atoms with E-state index in [0.29, 0.717) is 6.54 Å². The number of hydrogen-bond acceptors (Lipinski definition) is 4. The molecule has 0 aliphatic heterocycles. The fourth-order valence-corrected chi connectivity index (χ4v) is 2.52. The first-order chi connectivity index (χ1) is 11.1. The second kappa shape index (κ2) is 7.68. The van der Waals surface area contributed by atoms with Crippen molar-refractivity contribution in [2.75, 3.05) is 20.8 Å². The summed E-state index contributed by atoms with van der Waals surface area (Å²) in [6, 6.07) is 11.2. The summed E-state index contributed by atoms with van der Waals surface area (Å²) in [6.07, 6.45) is 0.741. The minimum absolute atomic E-state index is 0.253. The Kier molecular flexibility index (Phi) is 5.63. The maximum absolute atomic E-state index is 9.86. The number of ether oxygens (including phenoxy) is 2. The molecule has 0 fully saturated rings. The Morgan fingerprint density at radius 1 is 1.09 bits per heavy atom. The average Bonchev–Trinajstić information content (AvgIpc) is 2.56. The van der Waals surface area contributed by atoms with E-state index in [0.717, 1.165) is 40.3 Å². The summed E-state index contributed by atoms with van der Waals surface area (Å²) in [5, 5.41) is 9.86. The van der Waals surface area contributed by atoms with Crippen molar-refractivity contribution in [2.24, 2.45) is 4.99 Å². The fraction of sp³-hybridized carbons (Fsp3) is 0.316. The first kappa shape index (κ1) is 16.9. The van der Waals surface area contributed by atoms with E-state index in [9.17, 15) is 5.11 Å². The van der Waals surface area contributed by atoms with Crippen molar-refractivity contribution < 1.29 is 14.6 Å². The summed E-state index contributed by atoms with van der Waals surface area (Å²) in [7, 11) is 3.33. The smallest absolute Gasteiger partial charge is 0.124 e. The molecular formula is C19H23NO3. The molecular weight excluding hydrogens is 290 g/mol. The van der Waals surface area contributed by atoms with Gasteiger partial charge in [-0.15, -0.1) is 0 Å². The summed E-state index contributed by atoms with van der Waals surface area (Å²) in [5.74, 6) is 1.95. The molecule has 0 bridgehead atoms. The van der Waals surface area contributed by atoms with Crippen molar-refractivity contribution in [3.8, 4) is 17.2 Å². The third-order valence-corrected chi connectivity index (χ3v) is 3.82. The molecule has 2 aromatic rings. The summed E-state index contributed by atoms with van der Waals surface area (Å²) in [6.45, 7) is 4.51. The lowest BCUT2D eigenvalue weighted by Crippen LogP contribution is -2.01. The van der Waals surface area contributed by atoms with E-state index in [4.69, 9.17) is 9.47 Å². The Hall–Kier alpha value is -2.49. The number of benzene rings is 2. The van der Waals surface area contributed by atoms with Crippen LogP contribution >= 0.6 is 0 Å². The highest BCUT2D eigenvalue weighted by Crippen LogP contribution is 2.28. The number of aliphatic imine (C=N–C) groups is 1. The van der Waals surface area contributed by atoms with Gasteiger partial charge in [-0.3, -0.25) is 4.99 Å². The molecule has 0 atom stereocenters. The van der Waals surface area contributed by atoms with Crippen LogP contribution in [-0.4, -0.2) is 31.6 Å². The molecule has 0 aliphatic carbocycles. The maximum Gasteiger partial charge on any atom is 0.124 e. The quantitative estimate of drug-likeness (QED) is 0.826. The molecule has 0 amide bonds. The Balaban J connectivity index is 2.15. The molecule has 0 heterocycles. The lowest BCUT2D eigenvalue weighted by Gasteiger charge is -2.12. The molecule has 1 N–H and O–H groups in total. The Labute approximate surface area is 137 Å². The zero-order valence-electron chi connectivity index (χ0n) is 14.1. The van der Waals surface area contributed by atoms with Crippen molar-refractivity contribution in [3.63, 3.8) is 0 Å². The van der Waals surface area contributed by atoms with E-state index in [-0.39, 0.29) is 5.75 Å². The van der Waals surface area contributed by atoms with Gasteiger partial charge in [0.2, 0.25) is 0 Å². The molecule has 0 spiro atoms. The molecule has 0 saturated carbocycles. The predicted molar refractivity (Wildman–Crippen MR) is 93.2 cm³/mol. The molecule has 0 aromatic heterocycles. The summed E-state index contributed by atoms with van der Waals surface area (Å²) in [4.78, 5) is 4.56. The van der Waals surface area contributed by atoms with Crippen LogP contribution in [0.4, 0.5) is 0 Å². The number of phenols is 1. The summed E-state index contributed by atoms with van der Waals surface area (Å²) in [5.41, 5.74) is 3.69. The van der Waals surface area contributed by atoms with Gasteiger partial charge in [0, 0.05) is 17.8 Å². The van der Waals surface area contributed by atoms with E-state index >= 15 is 0 Å². The van der Waals surface area contributed by atoms with Crippen molar-refractivity contribution >= 4 is 5.71 Å². The van der Waals surface area contributed by atoms with Gasteiger partial charge < -0.3 is 14.6 Å². The minimum Gasteiger partial charge on any atom is -0.507 e. The van der Waals surface area contributed by atoms with Crippen LogP contribution in [0.3, 0.4) is 0 Å². The number of aromatic hydroxyl groups is 1. The van der Waals surface area contributed by atoms with E-state index in [2.05, 4.69) is 4.99 Å². The molecule has 2 rings (SSSR count). The van der Waals surface area contributed by atoms with Crippen LogP contribution in [0, 0.1) is 6.92 Å². The standard InChI is InChI=1S/C19H23NO3/c1-13-11-19(23-4)15(12-18(13)22-3)9-10-20-14(2)16-7-5-6-8-17(16)21/h5-8,11-12,21H,9-10H2,1-4H3. The molecule has 4 nitrogen and oxygen atoms in total. The maximum atomic E-state index is 9.86. The molecule has 23 heavy (non-hydrogen) atoms. The monoisotopic (exact) mass is 313 g/mol. The van der Waals surface area contributed by atoms with Crippen molar-refractivity contribution in [1.82, 2.24) is 0 Å². The number of aryl methyl sites for hydroxylation is 1. The van der Waals surface area contributed by atoms with Gasteiger partial charge in [-0.2, -0.15) is 0 Å². The van der Waals surface area contributed by atoms with E-state index in [1.54, 1.807) is 26.4 Å². The summed E-state index contributed by atoms with van der Waals surface area (Å²) < 4.78 is 10.8. The van der Waals surface area contributed by atoms with Crippen LogP contribution in [0.1, 0.15) is 23.6 Å². The number of phenolic OH excluding ortho intramolecular Hbond substituents is 1. The Morgan fingerprint density at radius 3 is 2.43 bits per heavy atom. The van der Waals surface area contributed by atoms with E-state index in [1.165, 1.54) is 0 Å². The predicted octanol–water partition coefficient (Wildman–Crippen LogP) is 3.77. The molecule has 2 aromatic carbocycles. The molecule has 0 radical (unpaired) electrons. The minimum atomic E-state index is 0.253. The van der Waals surface area contributed by atoms with Gasteiger partial charge in [-0.1, -0.05) is 12.1 Å². The van der Waals surface area contributed by atoms with Gasteiger partial charge in [0.15, 0.2) is 0 Å². The number of para-hydroxylation sites is 1. The topological polar surface area (TPSA) is 51.0 Å². The number of rotatable bonds is 6. The van der Waals surface area contributed by atoms with Crippen LogP contribution in [0.5, 0.6) is 17.2 Å². The van der Waals surface area contributed by atoms with Gasteiger partial charge in [0.1, 0.15) is 17.2 Å².